The number of carboxylic acids is 1. The van der Waals surface area contributed by atoms with E-state index in [1.165, 1.54) is 25.3 Å². The number of benzene rings is 2. The zero-order chi connectivity index (χ0) is 34.0. The van der Waals surface area contributed by atoms with Crippen molar-refractivity contribution >= 4 is 29.3 Å². The first-order chi connectivity index (χ1) is 22.6. The lowest BCUT2D eigenvalue weighted by molar-refractivity contribution is -0.137. The Morgan fingerprint density at radius 1 is 0.979 bits per heavy atom. The molecule has 0 spiro atoms. The number of carboxylic acid groups (broad SMARTS) is 1. The summed E-state index contributed by atoms with van der Waals surface area (Å²) < 4.78 is 46.1. The SMILES string of the molecule is C=C(Oc1ccc(NC(=C)C2(C(=C)NC3=CC=C(F)CC3)CC2)cc1F)c1cc(OC)c(OCCCCCCC(=O)O)cc1/N=C\C. The highest BCUT2D eigenvalue weighted by atomic mass is 19.1. The van der Waals surface area contributed by atoms with Gasteiger partial charge in [-0.1, -0.05) is 32.6 Å². The molecule has 2 aliphatic rings. The van der Waals surface area contributed by atoms with E-state index in [2.05, 4.69) is 35.4 Å². The van der Waals surface area contributed by atoms with Crippen LogP contribution in [0.4, 0.5) is 20.2 Å². The number of carbonyl (C=O) groups is 1. The van der Waals surface area contributed by atoms with Crippen LogP contribution in [-0.2, 0) is 4.79 Å². The second-order valence-electron chi connectivity index (χ2n) is 11.6. The van der Waals surface area contributed by atoms with Crippen molar-refractivity contribution in [3.63, 3.8) is 0 Å². The fourth-order valence-electron chi connectivity index (χ4n) is 5.29. The van der Waals surface area contributed by atoms with Gasteiger partial charge in [0.2, 0.25) is 0 Å². The first-order valence-electron chi connectivity index (χ1n) is 15.8. The fraction of sp³-hybridized carbons (Fsp3) is 0.351. The molecule has 0 amide bonds. The maximum Gasteiger partial charge on any atom is 0.303 e. The second-order valence-corrected chi connectivity index (χ2v) is 11.6. The third-order valence-electron chi connectivity index (χ3n) is 8.17. The van der Waals surface area contributed by atoms with E-state index in [0.29, 0.717) is 60.0 Å². The molecular weight excluding hydrogens is 604 g/mol. The maximum atomic E-state index is 15.3. The van der Waals surface area contributed by atoms with Gasteiger partial charge in [0, 0.05) is 64.9 Å². The Morgan fingerprint density at radius 3 is 2.36 bits per heavy atom. The number of allylic oxidation sites excluding steroid dienone is 4. The van der Waals surface area contributed by atoms with Crippen molar-refractivity contribution in [2.24, 2.45) is 10.4 Å². The number of anilines is 1. The Kier molecular flexibility index (Phi) is 12.0. The molecule has 0 heterocycles. The van der Waals surface area contributed by atoms with Gasteiger partial charge in [-0.15, -0.1) is 0 Å². The number of hydrogen-bond acceptors (Lipinski definition) is 7. The van der Waals surface area contributed by atoms with Crippen molar-refractivity contribution < 1.29 is 32.9 Å². The molecule has 1 saturated carbocycles. The number of nitrogens with one attached hydrogen (secondary N) is 2. The van der Waals surface area contributed by atoms with Crippen LogP contribution in [0.15, 0.2) is 90.1 Å². The molecule has 0 aromatic heterocycles. The lowest BCUT2D eigenvalue weighted by Crippen LogP contribution is -2.24. The van der Waals surface area contributed by atoms with Gasteiger partial charge in [0.05, 0.1) is 19.4 Å². The average Bonchev–Trinajstić information content (AvgIpc) is 3.86. The number of aliphatic carboxylic acids is 1. The van der Waals surface area contributed by atoms with E-state index in [4.69, 9.17) is 19.3 Å². The van der Waals surface area contributed by atoms with E-state index in [0.717, 1.165) is 43.5 Å². The quantitative estimate of drug-likeness (QED) is 0.0793. The van der Waals surface area contributed by atoms with Crippen LogP contribution < -0.4 is 24.8 Å². The molecule has 10 heteroatoms. The summed E-state index contributed by atoms with van der Waals surface area (Å²) in [5.74, 6) is -0.436. The highest BCUT2D eigenvalue weighted by molar-refractivity contribution is 5.77. The molecule has 8 nitrogen and oxygen atoms in total. The summed E-state index contributed by atoms with van der Waals surface area (Å²) in [6.45, 7) is 14.7. The van der Waals surface area contributed by atoms with Gasteiger partial charge >= 0.3 is 5.97 Å². The largest absolute Gasteiger partial charge is 0.493 e. The third kappa shape index (κ3) is 9.34. The van der Waals surface area contributed by atoms with Gasteiger partial charge in [-0.05, 0) is 69.4 Å². The van der Waals surface area contributed by atoms with Gasteiger partial charge in [-0.25, -0.2) is 8.78 Å². The lowest BCUT2D eigenvalue weighted by atomic mass is 9.98. The first-order valence-corrected chi connectivity index (χ1v) is 15.8. The number of halogens is 2. The molecular formula is C37H43F2N3O5. The molecule has 250 valence electrons. The van der Waals surface area contributed by atoms with Gasteiger partial charge in [0.1, 0.15) is 11.6 Å². The topological polar surface area (TPSA) is 101 Å². The van der Waals surface area contributed by atoms with Crippen molar-refractivity contribution in [1.82, 2.24) is 5.32 Å². The van der Waals surface area contributed by atoms with Crippen LogP contribution in [0.2, 0.25) is 0 Å². The summed E-state index contributed by atoms with van der Waals surface area (Å²) in [5, 5.41) is 15.3. The molecule has 0 saturated heterocycles. The number of rotatable bonds is 19. The Hall–Kier alpha value is -4.86. The van der Waals surface area contributed by atoms with Crippen molar-refractivity contribution in [2.45, 2.75) is 64.7 Å². The minimum Gasteiger partial charge on any atom is -0.493 e. The average molecular weight is 648 g/mol. The minimum atomic E-state index is -0.788. The maximum absolute atomic E-state index is 15.3. The van der Waals surface area contributed by atoms with Crippen molar-refractivity contribution in [3.05, 3.63) is 96.5 Å². The fourth-order valence-corrected chi connectivity index (χ4v) is 5.29. The lowest BCUT2D eigenvalue weighted by Gasteiger charge is -2.25. The van der Waals surface area contributed by atoms with Crippen molar-refractivity contribution in [3.8, 4) is 17.2 Å². The molecule has 0 unspecified atom stereocenters. The molecule has 0 atom stereocenters. The molecule has 0 aliphatic heterocycles. The molecule has 47 heavy (non-hydrogen) atoms. The van der Waals surface area contributed by atoms with Crippen LogP contribution in [0.5, 0.6) is 17.2 Å². The van der Waals surface area contributed by atoms with Gasteiger partial charge in [-0.3, -0.25) is 9.79 Å². The molecule has 2 aromatic rings. The molecule has 2 aromatic carbocycles. The van der Waals surface area contributed by atoms with E-state index >= 15 is 4.39 Å². The summed E-state index contributed by atoms with van der Waals surface area (Å²) in [7, 11) is 1.52. The summed E-state index contributed by atoms with van der Waals surface area (Å²) >= 11 is 0. The van der Waals surface area contributed by atoms with Gasteiger partial charge in [0.25, 0.3) is 0 Å². The highest BCUT2D eigenvalue weighted by Gasteiger charge is 2.48. The molecule has 3 N–H and O–H groups in total. The predicted molar refractivity (Wildman–Crippen MR) is 182 cm³/mol. The van der Waals surface area contributed by atoms with Gasteiger partial charge < -0.3 is 30.0 Å². The van der Waals surface area contributed by atoms with Crippen LogP contribution in [0.1, 0.15) is 70.3 Å². The minimum absolute atomic E-state index is 0.0171. The second kappa shape index (κ2) is 16.1. The summed E-state index contributed by atoms with van der Waals surface area (Å²) in [6, 6.07) is 7.96. The Labute approximate surface area is 275 Å². The Bertz CT molecular complexity index is 1610. The molecule has 0 radical (unpaired) electrons. The zero-order valence-corrected chi connectivity index (χ0v) is 27.1. The number of aliphatic imine (C=N–C) groups is 1. The predicted octanol–water partition coefficient (Wildman–Crippen LogP) is 9.36. The summed E-state index contributed by atoms with van der Waals surface area (Å²) in [4.78, 5) is 15.1. The number of ether oxygens (including phenoxy) is 3. The van der Waals surface area contributed by atoms with Crippen molar-refractivity contribution in [2.75, 3.05) is 19.0 Å². The normalized spacial score (nSPS) is 14.9. The van der Waals surface area contributed by atoms with Gasteiger partial charge in [0.15, 0.2) is 23.1 Å². The van der Waals surface area contributed by atoms with Crippen LogP contribution in [-0.4, -0.2) is 31.0 Å². The van der Waals surface area contributed by atoms with E-state index < -0.39 is 11.8 Å². The molecule has 2 aliphatic carbocycles. The number of unbranched alkanes of at least 4 members (excludes halogenated alkanes) is 3. The third-order valence-corrected chi connectivity index (χ3v) is 8.17. The van der Waals surface area contributed by atoms with Crippen molar-refractivity contribution in [1.29, 1.82) is 0 Å². The van der Waals surface area contributed by atoms with E-state index in [1.54, 1.807) is 37.4 Å². The van der Waals surface area contributed by atoms with E-state index in [1.807, 2.05) is 0 Å². The smallest absolute Gasteiger partial charge is 0.303 e. The first kappa shape index (κ1) is 35.0. The van der Waals surface area contributed by atoms with Crippen LogP contribution in [0, 0.1) is 11.2 Å². The molecule has 0 bridgehead atoms. The number of hydrogen-bond donors (Lipinski definition) is 3. The summed E-state index contributed by atoms with van der Waals surface area (Å²) in [6.07, 6.45) is 10.7. The Morgan fingerprint density at radius 2 is 1.72 bits per heavy atom. The monoisotopic (exact) mass is 647 g/mol. The Balaban J connectivity index is 1.38. The van der Waals surface area contributed by atoms with Gasteiger partial charge in [-0.2, -0.15) is 0 Å². The van der Waals surface area contributed by atoms with E-state index in [9.17, 15) is 9.18 Å². The molecule has 1 fully saturated rings. The van der Waals surface area contributed by atoms with Crippen LogP contribution in [0.3, 0.4) is 0 Å². The van der Waals surface area contributed by atoms with Crippen LogP contribution >= 0.6 is 0 Å². The van der Waals surface area contributed by atoms with E-state index in [-0.39, 0.29) is 29.2 Å². The number of nitrogens with zero attached hydrogens (tertiary/aromatic N) is 1. The highest BCUT2D eigenvalue weighted by Crippen LogP contribution is 2.56. The van der Waals surface area contributed by atoms with Crippen LogP contribution in [0.25, 0.3) is 5.76 Å². The number of methoxy groups -OCH3 is 1. The zero-order valence-electron chi connectivity index (χ0n) is 27.1. The standard InChI is InChI=1S/C37H43F2N3O5/c1-6-40-32-23-35(46-20-10-8-7-9-11-36(43)44)34(45-5)22-30(32)24(2)47-33-17-16-29(21-31(33)39)42-26(4)37(18-19-37)25(3)41-28-14-12-27(38)13-15-28/h6,12,14,16-17,21-23,41-42H,2-4,7-11,13,15,18-20H2,1,5H3,(H,43,44)/b40-6-. The summed E-state index contributed by atoms with van der Waals surface area (Å²) in [5.41, 5.74) is 3.51. The molecule has 4 rings (SSSR count).